The average molecular weight is 180 g/mol. The zero-order chi connectivity index (χ0) is 7.49. The molecule has 0 aromatic rings. The maximum absolute atomic E-state index is 11.4. The second-order valence-corrected chi connectivity index (χ2v) is 1.60. The summed E-state index contributed by atoms with van der Waals surface area (Å²) in [6, 6.07) is -1.86. The third-order valence-electron chi connectivity index (χ3n) is 0.767. The number of methoxy groups -OCH3 is 1. The number of ether oxygens (including phenoxy) is 1. The molecule has 0 radical (unpaired) electrons. The molecule has 2 N–H and O–H groups in total. The lowest BCUT2D eigenvalue weighted by atomic mass is 10.3. The first kappa shape index (κ1) is 12.7. The molecule has 0 heterocycles. The molecule has 0 amide bonds. The summed E-state index contributed by atoms with van der Waals surface area (Å²) in [6.07, 6.45) is -4.34. The van der Waals surface area contributed by atoms with E-state index in [9.17, 15) is 13.2 Å². The van der Waals surface area contributed by atoms with E-state index < -0.39 is 18.8 Å². The number of halogens is 4. The minimum atomic E-state index is -4.34. The van der Waals surface area contributed by atoms with Gasteiger partial charge in [0.15, 0.2) is 0 Å². The van der Waals surface area contributed by atoms with Crippen LogP contribution in [0.2, 0.25) is 0 Å². The van der Waals surface area contributed by atoms with E-state index in [0.29, 0.717) is 0 Å². The van der Waals surface area contributed by atoms with Gasteiger partial charge in [0.2, 0.25) is 0 Å². The van der Waals surface area contributed by atoms with Gasteiger partial charge in [-0.1, -0.05) is 0 Å². The fourth-order valence-electron chi connectivity index (χ4n) is 0.274. The number of alkyl halides is 3. The average Bonchev–Trinajstić information content (AvgIpc) is 1.64. The first-order valence-electron chi connectivity index (χ1n) is 2.29. The van der Waals surface area contributed by atoms with Crippen molar-refractivity contribution in [3.63, 3.8) is 0 Å². The zero-order valence-electron chi connectivity index (χ0n) is 5.31. The number of nitrogens with two attached hydrogens (primary N) is 1. The lowest BCUT2D eigenvalue weighted by Gasteiger charge is -2.13. The predicted octanol–water partition coefficient (Wildman–Crippen LogP) is 0.944. The minimum absolute atomic E-state index is 0. The third kappa shape index (κ3) is 4.84. The molecule has 1 atom stereocenters. The van der Waals surface area contributed by atoms with Crippen LogP contribution in [-0.4, -0.2) is 25.9 Å². The maximum atomic E-state index is 11.4. The minimum Gasteiger partial charge on any atom is -0.383 e. The van der Waals surface area contributed by atoms with Crippen molar-refractivity contribution < 1.29 is 17.9 Å². The van der Waals surface area contributed by atoms with Crippen molar-refractivity contribution in [2.75, 3.05) is 13.7 Å². The van der Waals surface area contributed by atoms with Crippen molar-refractivity contribution in [1.29, 1.82) is 0 Å². The third-order valence-corrected chi connectivity index (χ3v) is 0.767. The molecule has 0 aliphatic carbocycles. The summed E-state index contributed by atoms with van der Waals surface area (Å²) in [6.45, 7) is -0.483. The Morgan fingerprint density at radius 1 is 1.50 bits per heavy atom. The van der Waals surface area contributed by atoms with Crippen LogP contribution >= 0.6 is 12.4 Å². The van der Waals surface area contributed by atoms with Crippen LogP contribution in [0.15, 0.2) is 0 Å². The first-order chi connectivity index (χ1) is 3.98. The number of rotatable bonds is 2. The molecule has 0 rings (SSSR count). The van der Waals surface area contributed by atoms with Crippen molar-refractivity contribution in [1.82, 2.24) is 0 Å². The second kappa shape index (κ2) is 4.76. The highest BCUT2D eigenvalue weighted by Gasteiger charge is 2.36. The molecule has 2 nitrogen and oxygen atoms in total. The fourth-order valence-corrected chi connectivity index (χ4v) is 0.274. The van der Waals surface area contributed by atoms with Gasteiger partial charge in [-0.3, -0.25) is 0 Å². The maximum Gasteiger partial charge on any atom is 0.405 e. The molecule has 6 heteroatoms. The molecular formula is C4H9ClF3NO. The molecule has 0 aliphatic rings. The quantitative estimate of drug-likeness (QED) is 0.685. The molecular weight excluding hydrogens is 170 g/mol. The predicted molar refractivity (Wildman–Crippen MR) is 33.2 cm³/mol. The summed E-state index contributed by atoms with van der Waals surface area (Å²) in [5.74, 6) is 0. The van der Waals surface area contributed by atoms with Crippen molar-refractivity contribution in [3.8, 4) is 0 Å². The van der Waals surface area contributed by atoms with Gasteiger partial charge in [-0.15, -0.1) is 12.4 Å². The molecule has 0 spiro atoms. The zero-order valence-corrected chi connectivity index (χ0v) is 6.13. The second-order valence-electron chi connectivity index (χ2n) is 1.60. The lowest BCUT2D eigenvalue weighted by Crippen LogP contribution is -2.40. The monoisotopic (exact) mass is 179 g/mol. The Balaban J connectivity index is 0. The van der Waals surface area contributed by atoms with E-state index in [1.54, 1.807) is 0 Å². The van der Waals surface area contributed by atoms with E-state index in [1.165, 1.54) is 7.11 Å². The summed E-state index contributed by atoms with van der Waals surface area (Å²) in [4.78, 5) is 0. The van der Waals surface area contributed by atoms with E-state index in [2.05, 4.69) is 10.5 Å². The highest BCUT2D eigenvalue weighted by molar-refractivity contribution is 5.85. The molecule has 0 aromatic carbocycles. The van der Waals surface area contributed by atoms with Crippen molar-refractivity contribution in [2.45, 2.75) is 12.2 Å². The van der Waals surface area contributed by atoms with E-state index in [0.717, 1.165) is 0 Å². The Labute approximate surface area is 62.9 Å². The van der Waals surface area contributed by atoms with Crippen molar-refractivity contribution in [3.05, 3.63) is 0 Å². The summed E-state index contributed by atoms with van der Waals surface area (Å²) < 4.78 is 38.5. The van der Waals surface area contributed by atoms with Crippen LogP contribution in [0.1, 0.15) is 0 Å². The molecule has 10 heavy (non-hydrogen) atoms. The van der Waals surface area contributed by atoms with Gasteiger partial charge in [0.1, 0.15) is 6.04 Å². The molecule has 0 fully saturated rings. The van der Waals surface area contributed by atoms with E-state index >= 15 is 0 Å². The van der Waals surface area contributed by atoms with E-state index in [1.807, 2.05) is 0 Å². The molecule has 0 saturated carbocycles. The van der Waals surface area contributed by atoms with E-state index in [-0.39, 0.29) is 12.4 Å². The van der Waals surface area contributed by atoms with Gasteiger partial charge in [-0.05, 0) is 0 Å². The van der Waals surface area contributed by atoms with Crippen LogP contribution < -0.4 is 5.73 Å². The van der Waals surface area contributed by atoms with Crippen LogP contribution in [0, 0.1) is 0 Å². The van der Waals surface area contributed by atoms with Gasteiger partial charge in [-0.25, -0.2) is 0 Å². The van der Waals surface area contributed by atoms with Crippen molar-refractivity contribution in [2.24, 2.45) is 5.73 Å². The van der Waals surface area contributed by atoms with Crippen LogP contribution in [0.3, 0.4) is 0 Å². The number of hydrogen-bond donors (Lipinski definition) is 1. The van der Waals surface area contributed by atoms with Gasteiger partial charge in [0.25, 0.3) is 0 Å². The van der Waals surface area contributed by atoms with Crippen LogP contribution in [0.4, 0.5) is 13.2 Å². The summed E-state index contributed by atoms with van der Waals surface area (Å²) in [5.41, 5.74) is 4.61. The normalized spacial score (nSPS) is 14.1. The topological polar surface area (TPSA) is 35.2 Å². The smallest absolute Gasteiger partial charge is 0.383 e. The largest absolute Gasteiger partial charge is 0.405 e. The molecule has 64 valence electrons. The standard InChI is InChI=1S/C4H8F3NO.ClH/c1-9-2-3(8)4(5,6)7;/h3H,2,8H2,1H3;1H/t3-;/m1./s1. The highest BCUT2D eigenvalue weighted by Crippen LogP contribution is 2.17. The molecule has 0 bridgehead atoms. The fraction of sp³-hybridized carbons (Fsp3) is 1.00. The highest BCUT2D eigenvalue weighted by atomic mass is 35.5. The Bertz CT molecular complexity index is 87.1. The Kier molecular flexibility index (Phi) is 6.02. The van der Waals surface area contributed by atoms with Crippen LogP contribution in [-0.2, 0) is 4.74 Å². The van der Waals surface area contributed by atoms with Crippen LogP contribution in [0.5, 0.6) is 0 Å². The SMILES string of the molecule is COC[C@@H](N)C(F)(F)F.Cl. The summed E-state index contributed by atoms with van der Waals surface area (Å²) in [5, 5.41) is 0. The Morgan fingerprint density at radius 2 is 1.90 bits per heavy atom. The summed E-state index contributed by atoms with van der Waals surface area (Å²) >= 11 is 0. The lowest BCUT2D eigenvalue weighted by molar-refractivity contribution is -0.157. The molecule has 0 saturated heterocycles. The molecule has 0 aromatic heterocycles. The first-order valence-corrected chi connectivity index (χ1v) is 2.29. The molecule has 0 unspecified atom stereocenters. The van der Waals surface area contributed by atoms with Crippen molar-refractivity contribution >= 4 is 12.4 Å². The van der Waals surface area contributed by atoms with E-state index in [4.69, 9.17) is 0 Å². The Morgan fingerprint density at radius 3 is 2.00 bits per heavy atom. The van der Waals surface area contributed by atoms with Gasteiger partial charge in [-0.2, -0.15) is 13.2 Å². The Hall–Kier alpha value is -0.0000000000000000555. The van der Waals surface area contributed by atoms with Crippen LogP contribution in [0.25, 0.3) is 0 Å². The van der Waals surface area contributed by atoms with Gasteiger partial charge >= 0.3 is 6.18 Å². The van der Waals surface area contributed by atoms with Gasteiger partial charge < -0.3 is 10.5 Å². The van der Waals surface area contributed by atoms with Gasteiger partial charge in [0.05, 0.1) is 6.61 Å². The summed E-state index contributed by atoms with van der Waals surface area (Å²) in [7, 11) is 1.17. The number of hydrogen-bond acceptors (Lipinski definition) is 2. The molecule has 0 aliphatic heterocycles. The van der Waals surface area contributed by atoms with Gasteiger partial charge in [0, 0.05) is 7.11 Å².